The molecule has 8 heteroatoms. The van der Waals surface area contributed by atoms with Crippen molar-refractivity contribution in [3.8, 4) is 5.75 Å². The van der Waals surface area contributed by atoms with E-state index in [4.69, 9.17) is 15.2 Å². The van der Waals surface area contributed by atoms with Crippen molar-refractivity contribution in [2.75, 3.05) is 14.2 Å². The predicted molar refractivity (Wildman–Crippen MR) is 126 cm³/mol. The van der Waals surface area contributed by atoms with Gasteiger partial charge in [-0.05, 0) is 31.0 Å². The fourth-order valence-corrected chi connectivity index (χ4v) is 3.32. The molecule has 0 fully saturated rings. The lowest BCUT2D eigenvalue weighted by Crippen LogP contribution is -2.30. The number of nitrogens with two attached hydrogens (primary N) is 1. The number of ether oxygens (including phenoxy) is 2. The van der Waals surface area contributed by atoms with Gasteiger partial charge in [-0.2, -0.15) is 0 Å². The number of rotatable bonds is 12. The number of carbonyl (C=O) groups is 2. The summed E-state index contributed by atoms with van der Waals surface area (Å²) in [5.41, 5.74) is 8.64. The maximum atomic E-state index is 12.5. The zero-order chi connectivity index (χ0) is 24.4. The number of nitrogens with one attached hydrogen (secondary N) is 1. The van der Waals surface area contributed by atoms with E-state index in [0.717, 1.165) is 11.1 Å². The number of aliphatic carboxylic acids is 1. The zero-order valence-corrected chi connectivity index (χ0v) is 19.6. The van der Waals surface area contributed by atoms with E-state index in [1.807, 2.05) is 42.3 Å². The Morgan fingerprint density at radius 1 is 1.15 bits per heavy atom. The van der Waals surface area contributed by atoms with Gasteiger partial charge in [0.2, 0.25) is 0 Å². The fourth-order valence-electron chi connectivity index (χ4n) is 3.32. The number of carbonyl (C=O) groups excluding carboxylic acids is 1. The minimum atomic E-state index is -1.02. The van der Waals surface area contributed by atoms with E-state index in [2.05, 4.69) is 5.32 Å². The van der Waals surface area contributed by atoms with Gasteiger partial charge in [0, 0.05) is 38.3 Å². The second-order valence-corrected chi connectivity index (χ2v) is 8.03. The normalized spacial score (nSPS) is 12.3. The molecule has 2 aromatic carbocycles. The number of hydrogen-bond acceptors (Lipinski definition) is 6. The number of methoxy groups -OCH3 is 1. The average Bonchev–Trinajstić information content (AvgIpc) is 2.77. The van der Waals surface area contributed by atoms with Gasteiger partial charge in [-0.1, -0.05) is 42.5 Å². The monoisotopic (exact) mass is 455 g/mol. The van der Waals surface area contributed by atoms with Crippen LogP contribution in [0.25, 0.3) is 0 Å². The molecule has 0 aliphatic carbocycles. The van der Waals surface area contributed by atoms with Crippen LogP contribution < -0.4 is 15.8 Å². The summed E-state index contributed by atoms with van der Waals surface area (Å²) in [7, 11) is 3.38. The number of amides is 1. The molecule has 0 aliphatic rings. The van der Waals surface area contributed by atoms with Gasteiger partial charge >= 0.3 is 5.97 Å². The molecule has 8 nitrogen and oxygen atoms in total. The molecule has 4 N–H and O–H groups in total. The molecule has 0 aromatic heterocycles. The van der Waals surface area contributed by atoms with E-state index in [-0.39, 0.29) is 24.8 Å². The van der Waals surface area contributed by atoms with Crippen LogP contribution in [0.1, 0.15) is 30.5 Å². The topological polar surface area (TPSA) is 114 Å². The van der Waals surface area contributed by atoms with E-state index in [0.29, 0.717) is 17.9 Å². The van der Waals surface area contributed by atoms with Gasteiger partial charge in [0.25, 0.3) is 5.91 Å². The lowest BCUT2D eigenvalue weighted by atomic mass is 10.0. The van der Waals surface area contributed by atoms with E-state index in [9.17, 15) is 14.7 Å². The van der Waals surface area contributed by atoms with Crippen LogP contribution in [0, 0.1) is 0 Å². The highest BCUT2D eigenvalue weighted by Crippen LogP contribution is 2.21. The SMILES string of the molecule is COc1ccc(CC(OC(C)C)C(=O)O)cc1CNC(=O)/C(N)=C/N(C)Cc1ccccc1. The Kier molecular flexibility index (Phi) is 9.75. The molecule has 1 unspecified atom stereocenters. The third kappa shape index (κ3) is 8.50. The lowest BCUT2D eigenvalue weighted by Gasteiger charge is -2.18. The standard InChI is InChI=1S/C25H33N3O5/c1-17(2)33-23(25(30)31)13-19-10-11-22(32-4)20(12-19)14-27-24(29)21(26)16-28(3)15-18-8-6-5-7-9-18/h5-12,16-17,23H,13-15,26H2,1-4H3,(H,27,29)(H,30,31)/b21-16-. The minimum absolute atomic E-state index is 0.0832. The average molecular weight is 456 g/mol. The molecule has 2 aromatic rings. The second kappa shape index (κ2) is 12.5. The molecule has 33 heavy (non-hydrogen) atoms. The molecule has 2 rings (SSSR count). The summed E-state index contributed by atoms with van der Waals surface area (Å²) in [6.45, 7) is 4.38. The van der Waals surface area contributed by atoms with E-state index in [1.165, 1.54) is 7.11 Å². The first-order valence-corrected chi connectivity index (χ1v) is 10.7. The van der Waals surface area contributed by atoms with Crippen LogP contribution in [0.2, 0.25) is 0 Å². The minimum Gasteiger partial charge on any atom is -0.496 e. The number of benzene rings is 2. The van der Waals surface area contributed by atoms with Crippen molar-refractivity contribution in [2.45, 2.75) is 45.6 Å². The van der Waals surface area contributed by atoms with Gasteiger partial charge in [0.15, 0.2) is 6.10 Å². The summed E-state index contributed by atoms with van der Waals surface area (Å²) >= 11 is 0. The largest absolute Gasteiger partial charge is 0.496 e. The zero-order valence-electron chi connectivity index (χ0n) is 19.6. The van der Waals surface area contributed by atoms with Crippen LogP contribution in [0.4, 0.5) is 0 Å². The highest BCUT2D eigenvalue weighted by Gasteiger charge is 2.21. The Balaban J connectivity index is 2.04. The molecule has 0 heterocycles. The number of carboxylic acids is 1. The maximum Gasteiger partial charge on any atom is 0.333 e. The van der Waals surface area contributed by atoms with E-state index in [1.54, 1.807) is 38.2 Å². The van der Waals surface area contributed by atoms with Crippen molar-refractivity contribution in [1.29, 1.82) is 0 Å². The smallest absolute Gasteiger partial charge is 0.333 e. The summed E-state index contributed by atoms with van der Waals surface area (Å²) < 4.78 is 10.9. The molecule has 0 saturated carbocycles. The fraction of sp³-hybridized carbons (Fsp3) is 0.360. The quantitative estimate of drug-likeness (QED) is 0.422. The Bertz CT molecular complexity index is 960. The lowest BCUT2D eigenvalue weighted by molar-refractivity contribution is -0.153. The molecule has 0 radical (unpaired) electrons. The second-order valence-electron chi connectivity index (χ2n) is 8.03. The highest BCUT2D eigenvalue weighted by molar-refractivity contribution is 5.92. The van der Waals surface area contributed by atoms with Gasteiger partial charge in [-0.15, -0.1) is 0 Å². The first-order valence-electron chi connectivity index (χ1n) is 10.7. The molecule has 0 bridgehead atoms. The van der Waals surface area contributed by atoms with Crippen molar-refractivity contribution < 1.29 is 24.2 Å². The van der Waals surface area contributed by atoms with Crippen molar-refractivity contribution in [3.05, 3.63) is 77.1 Å². The van der Waals surface area contributed by atoms with Crippen molar-refractivity contribution in [1.82, 2.24) is 10.2 Å². The summed E-state index contributed by atoms with van der Waals surface area (Å²) in [5, 5.41) is 12.2. The van der Waals surface area contributed by atoms with Crippen LogP contribution in [0.5, 0.6) is 5.75 Å². The van der Waals surface area contributed by atoms with Gasteiger partial charge in [0.05, 0.1) is 13.2 Å². The highest BCUT2D eigenvalue weighted by atomic mass is 16.5. The van der Waals surface area contributed by atoms with Crippen LogP contribution >= 0.6 is 0 Å². The van der Waals surface area contributed by atoms with Crippen LogP contribution in [0.15, 0.2) is 60.4 Å². The van der Waals surface area contributed by atoms with E-state index >= 15 is 0 Å². The van der Waals surface area contributed by atoms with Crippen LogP contribution in [-0.4, -0.2) is 48.2 Å². The molecule has 0 saturated heterocycles. The summed E-state index contributed by atoms with van der Waals surface area (Å²) in [6.07, 6.45) is 0.624. The first-order chi connectivity index (χ1) is 15.7. The predicted octanol–water partition coefficient (Wildman–Crippen LogP) is 2.66. The van der Waals surface area contributed by atoms with Gasteiger partial charge in [0.1, 0.15) is 11.4 Å². The Morgan fingerprint density at radius 3 is 2.45 bits per heavy atom. The van der Waals surface area contributed by atoms with Crippen LogP contribution in [-0.2, 0) is 33.8 Å². The van der Waals surface area contributed by atoms with Gasteiger partial charge in [-0.25, -0.2) is 4.79 Å². The third-order valence-electron chi connectivity index (χ3n) is 4.81. The molecule has 1 atom stereocenters. The molecule has 0 aliphatic heterocycles. The molecule has 0 spiro atoms. The van der Waals surface area contributed by atoms with Gasteiger partial charge < -0.3 is 30.5 Å². The number of hydrogen-bond donors (Lipinski definition) is 3. The third-order valence-corrected chi connectivity index (χ3v) is 4.81. The maximum absolute atomic E-state index is 12.5. The summed E-state index contributed by atoms with van der Waals surface area (Å²) in [4.78, 5) is 25.9. The Hall–Kier alpha value is -3.52. The van der Waals surface area contributed by atoms with Crippen molar-refractivity contribution >= 4 is 11.9 Å². The molecular weight excluding hydrogens is 422 g/mol. The van der Waals surface area contributed by atoms with Crippen molar-refractivity contribution in [3.63, 3.8) is 0 Å². The van der Waals surface area contributed by atoms with Gasteiger partial charge in [-0.3, -0.25) is 4.79 Å². The molecular formula is C25H33N3O5. The molecule has 1 amide bonds. The van der Waals surface area contributed by atoms with Crippen LogP contribution in [0.3, 0.4) is 0 Å². The Morgan fingerprint density at radius 2 is 1.85 bits per heavy atom. The number of carboxylic acid groups (broad SMARTS) is 1. The Labute approximate surface area is 195 Å². The summed E-state index contributed by atoms with van der Waals surface area (Å²) in [5.74, 6) is -0.847. The van der Waals surface area contributed by atoms with E-state index < -0.39 is 18.0 Å². The van der Waals surface area contributed by atoms with Crippen molar-refractivity contribution in [2.24, 2.45) is 5.73 Å². The summed E-state index contributed by atoms with van der Waals surface area (Å²) in [6, 6.07) is 15.2. The molecule has 178 valence electrons. The first kappa shape index (κ1) is 25.7. The number of nitrogens with zero attached hydrogens (tertiary/aromatic N) is 1.